The number of piperidine rings is 1. The van der Waals surface area contributed by atoms with Crippen LogP contribution in [0.3, 0.4) is 0 Å². The van der Waals surface area contributed by atoms with Crippen LogP contribution in [0.4, 0.5) is 26.3 Å². The number of halogens is 6. The molecule has 1 heterocycles. The van der Waals surface area contributed by atoms with Crippen LogP contribution in [0, 0.1) is 11.8 Å². The van der Waals surface area contributed by atoms with E-state index in [1.807, 2.05) is 41.3 Å². The molecule has 4 nitrogen and oxygen atoms in total. The zero-order chi connectivity index (χ0) is 33.3. The zero-order valence-electron chi connectivity index (χ0n) is 26.6. The quantitative estimate of drug-likeness (QED) is 0.167. The fourth-order valence-electron chi connectivity index (χ4n) is 6.41. The standard InChI is InChI=1S/C36H42F6N2O2/c1-23(46-29-13-9-26(10-14-29)34(2,3)4)19-24-5-11-28(12-6-24)45-18-16-43-33-30-15-17-44(22-31(30)33)21-25-7-8-27(35(37,38)39)20-32(25)36(40,41)42/h5-14,20,23,30-31,33,43H,15-19,21-22H2,1-4H3/t23?,30-,31+,33+/m0/s1. The Hall–Kier alpha value is -3.24. The van der Waals surface area contributed by atoms with Gasteiger partial charge in [-0.25, -0.2) is 0 Å². The molecule has 2 aliphatic rings. The van der Waals surface area contributed by atoms with Crippen LogP contribution in [0.15, 0.2) is 66.7 Å². The van der Waals surface area contributed by atoms with Crippen molar-refractivity contribution in [3.63, 3.8) is 0 Å². The zero-order valence-corrected chi connectivity index (χ0v) is 26.6. The summed E-state index contributed by atoms with van der Waals surface area (Å²) in [4.78, 5) is 1.91. The monoisotopic (exact) mass is 648 g/mol. The van der Waals surface area contributed by atoms with Gasteiger partial charge in [0.2, 0.25) is 0 Å². The minimum Gasteiger partial charge on any atom is -0.492 e. The van der Waals surface area contributed by atoms with Gasteiger partial charge in [-0.05, 0) is 90.2 Å². The maximum atomic E-state index is 13.6. The molecule has 250 valence electrons. The van der Waals surface area contributed by atoms with Gasteiger partial charge in [-0.2, -0.15) is 26.3 Å². The van der Waals surface area contributed by atoms with Crippen LogP contribution in [0.1, 0.15) is 61.9 Å². The van der Waals surface area contributed by atoms with Crippen LogP contribution in [-0.4, -0.2) is 43.3 Å². The van der Waals surface area contributed by atoms with E-state index in [0.717, 1.165) is 42.0 Å². The number of hydrogen-bond donors (Lipinski definition) is 1. The average molecular weight is 649 g/mol. The summed E-state index contributed by atoms with van der Waals surface area (Å²) in [5.41, 5.74) is -0.122. The lowest BCUT2D eigenvalue weighted by Gasteiger charge is -2.27. The molecule has 5 rings (SSSR count). The van der Waals surface area contributed by atoms with Crippen molar-refractivity contribution in [3.8, 4) is 11.5 Å². The van der Waals surface area contributed by atoms with Crippen molar-refractivity contribution >= 4 is 0 Å². The van der Waals surface area contributed by atoms with Gasteiger partial charge in [0.1, 0.15) is 18.1 Å². The van der Waals surface area contributed by atoms with E-state index in [0.29, 0.717) is 38.1 Å². The molecule has 1 unspecified atom stereocenters. The summed E-state index contributed by atoms with van der Waals surface area (Å²) in [6.07, 6.45) is -8.08. The van der Waals surface area contributed by atoms with Crippen molar-refractivity contribution in [1.29, 1.82) is 0 Å². The predicted molar refractivity (Wildman–Crippen MR) is 166 cm³/mol. The van der Waals surface area contributed by atoms with E-state index in [1.54, 1.807) is 0 Å². The first-order valence-corrected chi connectivity index (χ1v) is 15.8. The predicted octanol–water partition coefficient (Wildman–Crippen LogP) is 8.52. The summed E-state index contributed by atoms with van der Waals surface area (Å²) in [5, 5.41) is 3.51. The third-order valence-corrected chi connectivity index (χ3v) is 8.97. The first-order chi connectivity index (χ1) is 21.6. The van der Waals surface area contributed by atoms with Crippen LogP contribution in [-0.2, 0) is 30.7 Å². The van der Waals surface area contributed by atoms with Crippen molar-refractivity contribution in [2.45, 2.75) is 77.0 Å². The van der Waals surface area contributed by atoms with Gasteiger partial charge >= 0.3 is 12.4 Å². The number of nitrogens with one attached hydrogen (secondary N) is 1. The Bertz CT molecular complexity index is 1450. The summed E-state index contributed by atoms with van der Waals surface area (Å²) in [6.45, 7) is 10.9. The Balaban J connectivity index is 1.03. The van der Waals surface area contributed by atoms with Crippen molar-refractivity contribution in [1.82, 2.24) is 10.2 Å². The Morgan fingerprint density at radius 1 is 0.826 bits per heavy atom. The summed E-state index contributed by atoms with van der Waals surface area (Å²) in [6, 6.07) is 18.4. The lowest BCUT2D eigenvalue weighted by molar-refractivity contribution is -0.143. The van der Waals surface area contributed by atoms with E-state index in [2.05, 4.69) is 45.1 Å². The molecule has 0 spiro atoms. The molecule has 2 fully saturated rings. The van der Waals surface area contributed by atoms with Gasteiger partial charge in [-0.3, -0.25) is 4.90 Å². The number of likely N-dealkylation sites (tertiary alicyclic amines) is 1. The van der Waals surface area contributed by atoms with Gasteiger partial charge in [-0.15, -0.1) is 0 Å². The van der Waals surface area contributed by atoms with Gasteiger partial charge < -0.3 is 14.8 Å². The third-order valence-electron chi connectivity index (χ3n) is 8.97. The number of alkyl halides is 6. The van der Waals surface area contributed by atoms with E-state index in [1.165, 1.54) is 5.56 Å². The van der Waals surface area contributed by atoms with Crippen molar-refractivity contribution in [2.75, 3.05) is 26.2 Å². The number of fused-ring (bicyclic) bond motifs is 1. The summed E-state index contributed by atoms with van der Waals surface area (Å²) >= 11 is 0. The smallest absolute Gasteiger partial charge is 0.416 e. The second-order valence-electron chi connectivity index (χ2n) is 13.6. The maximum absolute atomic E-state index is 13.6. The maximum Gasteiger partial charge on any atom is 0.416 e. The van der Waals surface area contributed by atoms with Crippen LogP contribution in [0.2, 0.25) is 0 Å². The minimum atomic E-state index is -4.86. The van der Waals surface area contributed by atoms with Crippen LogP contribution >= 0.6 is 0 Å². The molecule has 1 aliphatic heterocycles. The Morgan fingerprint density at radius 3 is 2.11 bits per heavy atom. The van der Waals surface area contributed by atoms with Crippen molar-refractivity contribution in [2.24, 2.45) is 11.8 Å². The molecule has 0 bridgehead atoms. The first-order valence-electron chi connectivity index (χ1n) is 15.8. The fraction of sp³-hybridized carbons (Fsp3) is 0.500. The van der Waals surface area contributed by atoms with Crippen LogP contribution in [0.25, 0.3) is 0 Å². The van der Waals surface area contributed by atoms with Crippen LogP contribution < -0.4 is 14.8 Å². The highest BCUT2D eigenvalue weighted by molar-refractivity contribution is 5.36. The molecule has 3 aromatic carbocycles. The number of rotatable bonds is 11. The Kier molecular flexibility index (Phi) is 9.99. The topological polar surface area (TPSA) is 33.7 Å². The van der Waals surface area contributed by atoms with Crippen molar-refractivity contribution in [3.05, 3.63) is 94.5 Å². The second kappa shape index (κ2) is 13.5. The van der Waals surface area contributed by atoms with Gasteiger partial charge in [0.25, 0.3) is 0 Å². The van der Waals surface area contributed by atoms with E-state index in [9.17, 15) is 26.3 Å². The highest BCUT2D eigenvalue weighted by Gasteiger charge is 2.52. The molecule has 1 saturated carbocycles. The summed E-state index contributed by atoms with van der Waals surface area (Å²) in [7, 11) is 0. The van der Waals surface area contributed by atoms with Crippen molar-refractivity contribution < 1.29 is 35.8 Å². The first kappa shape index (κ1) is 34.1. The van der Waals surface area contributed by atoms with Gasteiger partial charge in [0, 0.05) is 32.1 Å². The molecule has 0 aromatic heterocycles. The molecule has 46 heavy (non-hydrogen) atoms. The molecule has 1 aliphatic carbocycles. The molecular weight excluding hydrogens is 606 g/mol. The number of nitrogens with zero attached hydrogens (tertiary/aromatic N) is 1. The molecule has 1 saturated heterocycles. The molecule has 4 atom stereocenters. The van der Waals surface area contributed by atoms with E-state index < -0.39 is 23.5 Å². The van der Waals surface area contributed by atoms with Gasteiger partial charge in [0.15, 0.2) is 0 Å². The molecule has 10 heteroatoms. The van der Waals surface area contributed by atoms with Gasteiger partial charge in [-0.1, -0.05) is 51.1 Å². The number of hydrogen-bond acceptors (Lipinski definition) is 4. The normalized spacial score (nSPS) is 21.0. The third kappa shape index (κ3) is 8.76. The summed E-state index contributed by atoms with van der Waals surface area (Å²) < 4.78 is 91.8. The Morgan fingerprint density at radius 2 is 1.48 bits per heavy atom. The lowest BCUT2D eigenvalue weighted by atomic mass is 9.87. The van der Waals surface area contributed by atoms with E-state index >= 15 is 0 Å². The minimum absolute atomic E-state index is 0.0103. The molecule has 0 amide bonds. The van der Waals surface area contributed by atoms with Gasteiger partial charge in [0.05, 0.1) is 17.2 Å². The van der Waals surface area contributed by atoms with Crippen LogP contribution in [0.5, 0.6) is 11.5 Å². The molecule has 1 N–H and O–H groups in total. The largest absolute Gasteiger partial charge is 0.492 e. The average Bonchev–Trinajstić information content (AvgIpc) is 3.66. The molecular formula is C36H42F6N2O2. The Labute approximate surface area is 267 Å². The number of ether oxygens (including phenoxy) is 2. The highest BCUT2D eigenvalue weighted by atomic mass is 19.4. The van der Waals surface area contributed by atoms with E-state index in [-0.39, 0.29) is 35.7 Å². The molecule has 0 radical (unpaired) electrons. The fourth-order valence-corrected chi connectivity index (χ4v) is 6.41. The second-order valence-corrected chi connectivity index (χ2v) is 13.6. The SMILES string of the molecule is CC(Cc1ccc(OCCN[C@H]2[C@@H]3CN(Cc4ccc(C(F)(F)F)cc4C(F)(F)F)CC[C@@H]32)cc1)Oc1ccc(C(C)(C)C)cc1. The number of benzene rings is 3. The van der Waals surface area contributed by atoms with E-state index in [4.69, 9.17) is 9.47 Å². The highest BCUT2D eigenvalue weighted by Crippen LogP contribution is 2.46. The lowest BCUT2D eigenvalue weighted by Crippen LogP contribution is -2.32. The summed E-state index contributed by atoms with van der Waals surface area (Å²) in [5.74, 6) is 2.38. The molecule has 3 aromatic rings.